The molecule has 1 atom stereocenters. The van der Waals surface area contributed by atoms with Gasteiger partial charge in [-0.1, -0.05) is 53.6 Å². The summed E-state index contributed by atoms with van der Waals surface area (Å²) in [5.41, 5.74) is 4.52. The van der Waals surface area contributed by atoms with Crippen LogP contribution in [0.5, 0.6) is 0 Å². The monoisotopic (exact) mass is 486 g/mol. The first-order valence-electron chi connectivity index (χ1n) is 11.5. The number of allylic oxidation sites excluding steroid dienone is 2. The number of rotatable bonds is 3. The van der Waals surface area contributed by atoms with Crippen molar-refractivity contribution in [3.05, 3.63) is 117 Å². The van der Waals surface area contributed by atoms with Crippen molar-refractivity contribution in [1.29, 1.82) is 5.41 Å². The van der Waals surface area contributed by atoms with Crippen LogP contribution in [0.1, 0.15) is 41.9 Å². The van der Waals surface area contributed by atoms with Crippen LogP contribution in [-0.4, -0.2) is 16.7 Å². The summed E-state index contributed by atoms with van der Waals surface area (Å²) in [6, 6.07) is 20.4. The van der Waals surface area contributed by atoms with E-state index in [0.29, 0.717) is 52.2 Å². The highest BCUT2D eigenvalue weighted by atomic mass is 35.5. The number of hydrogen-bond donors (Lipinski definition) is 2. The molecule has 0 radical (unpaired) electrons. The van der Waals surface area contributed by atoms with Crippen LogP contribution in [0.15, 0.2) is 89.6 Å². The third-order valence-corrected chi connectivity index (χ3v) is 6.87. The summed E-state index contributed by atoms with van der Waals surface area (Å²) in [6.07, 6.45) is 1.67. The Balaban J connectivity index is 1.81. The molecule has 0 fully saturated rings. The molecule has 0 saturated heterocycles. The molecule has 3 aromatic rings. The number of nitrogens with one attached hydrogen (secondary N) is 1. The first kappa shape index (κ1) is 23.1. The largest absolute Gasteiger partial charge is 0.507 e. The first-order chi connectivity index (χ1) is 16.8. The number of anilines is 1. The molecule has 1 unspecified atom stereocenters. The van der Waals surface area contributed by atoms with E-state index in [9.17, 15) is 19.7 Å². The van der Waals surface area contributed by atoms with E-state index in [-0.39, 0.29) is 23.2 Å². The topological polar surface area (TPSA) is 64.4 Å². The Morgan fingerprint density at radius 1 is 1.00 bits per heavy atom. The number of aryl methyl sites for hydroxylation is 1. The quantitative estimate of drug-likeness (QED) is 0.380. The summed E-state index contributed by atoms with van der Waals surface area (Å²) in [6.45, 7) is 1.96. The summed E-state index contributed by atoms with van der Waals surface area (Å²) in [5.74, 6) is -1.10. The fourth-order valence-electron chi connectivity index (χ4n) is 4.92. The van der Waals surface area contributed by atoms with Gasteiger partial charge in [0.1, 0.15) is 17.4 Å². The van der Waals surface area contributed by atoms with Crippen LogP contribution in [0.3, 0.4) is 0 Å². The molecular weight excluding hydrogens is 463 g/mol. The van der Waals surface area contributed by atoms with Crippen LogP contribution >= 0.6 is 11.6 Å². The molecule has 6 heteroatoms. The molecule has 1 aliphatic heterocycles. The summed E-state index contributed by atoms with van der Waals surface area (Å²) >= 11 is 6.12. The molecule has 3 aromatic carbocycles. The van der Waals surface area contributed by atoms with Crippen LogP contribution in [0.4, 0.5) is 10.1 Å². The predicted molar refractivity (Wildman–Crippen MR) is 137 cm³/mol. The Bertz CT molecular complexity index is 1370. The maximum Gasteiger partial charge on any atom is 0.161 e. The lowest BCUT2D eigenvalue weighted by atomic mass is 9.73. The van der Waals surface area contributed by atoms with Gasteiger partial charge in [0.2, 0.25) is 0 Å². The SMILES string of the molecule is Cc1ccc(/C(O)=C2\C(=N)N(c3ccc(Cl)cc3)C3=C(C(=O)CCC3)C2c2ccc(F)cc2)cc1. The highest BCUT2D eigenvalue weighted by Gasteiger charge is 2.43. The molecule has 4 nitrogen and oxygen atoms in total. The number of benzene rings is 3. The number of ketones is 1. The lowest BCUT2D eigenvalue weighted by molar-refractivity contribution is -0.116. The van der Waals surface area contributed by atoms with Gasteiger partial charge in [0.25, 0.3) is 0 Å². The zero-order chi connectivity index (χ0) is 24.7. The molecule has 2 N–H and O–H groups in total. The van der Waals surface area contributed by atoms with Crippen LogP contribution in [0, 0.1) is 18.2 Å². The molecule has 0 saturated carbocycles. The van der Waals surface area contributed by atoms with Crippen molar-refractivity contribution in [1.82, 2.24) is 0 Å². The van der Waals surface area contributed by atoms with Crippen molar-refractivity contribution in [3.8, 4) is 0 Å². The highest BCUT2D eigenvalue weighted by Crippen LogP contribution is 2.48. The Hall–Kier alpha value is -3.70. The molecule has 1 heterocycles. The lowest BCUT2D eigenvalue weighted by Crippen LogP contribution is -2.42. The van der Waals surface area contributed by atoms with Gasteiger partial charge in [-0.15, -0.1) is 0 Å². The number of Topliss-reactive ketones (excluding diaryl/α,β-unsaturated/α-hetero) is 1. The van der Waals surface area contributed by atoms with Crippen LogP contribution in [-0.2, 0) is 4.79 Å². The molecule has 35 heavy (non-hydrogen) atoms. The number of halogens is 2. The van der Waals surface area contributed by atoms with Gasteiger partial charge in [-0.05, 0) is 61.7 Å². The number of aliphatic hydroxyl groups excluding tert-OH is 1. The third kappa shape index (κ3) is 4.17. The number of nitrogens with zero attached hydrogens (tertiary/aromatic N) is 1. The van der Waals surface area contributed by atoms with Crippen LogP contribution < -0.4 is 4.90 Å². The molecule has 5 rings (SSSR count). The minimum Gasteiger partial charge on any atom is -0.507 e. The van der Waals surface area contributed by atoms with E-state index in [4.69, 9.17) is 11.6 Å². The average molecular weight is 487 g/mol. The summed E-state index contributed by atoms with van der Waals surface area (Å²) in [4.78, 5) is 15.2. The zero-order valence-corrected chi connectivity index (χ0v) is 19.9. The summed E-state index contributed by atoms with van der Waals surface area (Å²) < 4.78 is 13.8. The maximum absolute atomic E-state index is 13.8. The summed E-state index contributed by atoms with van der Waals surface area (Å²) in [7, 11) is 0. The molecule has 176 valence electrons. The second kappa shape index (κ2) is 9.16. The van der Waals surface area contributed by atoms with Crippen molar-refractivity contribution >= 4 is 34.7 Å². The van der Waals surface area contributed by atoms with E-state index in [2.05, 4.69) is 0 Å². The molecule has 1 aliphatic carbocycles. The summed E-state index contributed by atoms with van der Waals surface area (Å²) in [5, 5.41) is 21.4. The second-order valence-corrected chi connectivity index (χ2v) is 9.35. The van der Waals surface area contributed by atoms with E-state index >= 15 is 0 Å². The van der Waals surface area contributed by atoms with Crippen molar-refractivity contribution in [2.24, 2.45) is 0 Å². The average Bonchev–Trinajstić information content (AvgIpc) is 2.85. The minimum atomic E-state index is -0.684. The number of hydrogen-bond acceptors (Lipinski definition) is 3. The maximum atomic E-state index is 13.8. The Morgan fingerprint density at radius 3 is 2.31 bits per heavy atom. The molecule has 2 aliphatic rings. The fraction of sp³-hybridized carbons (Fsp3) is 0.172. The smallest absolute Gasteiger partial charge is 0.161 e. The molecule has 0 aromatic heterocycles. The van der Waals surface area contributed by atoms with Gasteiger partial charge in [0.15, 0.2) is 5.78 Å². The lowest BCUT2D eigenvalue weighted by Gasteiger charge is -2.41. The van der Waals surface area contributed by atoms with Crippen molar-refractivity contribution < 1.29 is 14.3 Å². The normalized spacial score (nSPS) is 19.6. The van der Waals surface area contributed by atoms with Gasteiger partial charge in [-0.3, -0.25) is 15.1 Å². The highest BCUT2D eigenvalue weighted by molar-refractivity contribution is 6.30. The van der Waals surface area contributed by atoms with Crippen molar-refractivity contribution in [2.75, 3.05) is 4.90 Å². The van der Waals surface area contributed by atoms with Crippen molar-refractivity contribution in [2.45, 2.75) is 32.1 Å². The van der Waals surface area contributed by atoms with Gasteiger partial charge in [0, 0.05) is 45.5 Å². The van der Waals surface area contributed by atoms with Gasteiger partial charge in [-0.2, -0.15) is 0 Å². The predicted octanol–water partition coefficient (Wildman–Crippen LogP) is 7.34. The molecule has 0 spiro atoms. The second-order valence-electron chi connectivity index (χ2n) is 8.91. The van der Waals surface area contributed by atoms with E-state index < -0.39 is 5.92 Å². The Morgan fingerprint density at radius 2 is 1.66 bits per heavy atom. The zero-order valence-electron chi connectivity index (χ0n) is 19.2. The van der Waals surface area contributed by atoms with E-state index in [1.165, 1.54) is 12.1 Å². The van der Waals surface area contributed by atoms with Crippen LogP contribution in [0.2, 0.25) is 5.02 Å². The molecular formula is C29H24ClFN2O2. The van der Waals surface area contributed by atoms with Crippen molar-refractivity contribution in [3.63, 3.8) is 0 Å². The molecule has 0 amide bonds. The van der Waals surface area contributed by atoms with E-state index in [1.807, 2.05) is 19.1 Å². The fourth-order valence-corrected chi connectivity index (χ4v) is 5.05. The van der Waals surface area contributed by atoms with Gasteiger partial charge in [-0.25, -0.2) is 4.39 Å². The number of amidine groups is 1. The standard InChI is InChI=1S/C29H24ClFN2O2/c1-17-5-7-19(8-6-17)28(35)27-25(18-9-13-21(31)14-10-18)26-23(3-2-4-24(26)34)33(29(27)32)22-15-11-20(30)12-16-22/h5-16,25,32,35H,2-4H2,1H3/b28-27+,32-29?. The third-order valence-electron chi connectivity index (χ3n) is 6.62. The molecule has 0 bridgehead atoms. The van der Waals surface area contributed by atoms with E-state index in [1.54, 1.807) is 53.4 Å². The number of carbonyl (C=O) groups excluding carboxylic acids is 1. The van der Waals surface area contributed by atoms with Gasteiger partial charge in [0.05, 0.1) is 0 Å². The Kier molecular flexibility index (Phi) is 6.03. The van der Waals surface area contributed by atoms with Gasteiger partial charge >= 0.3 is 0 Å². The van der Waals surface area contributed by atoms with Gasteiger partial charge < -0.3 is 5.11 Å². The first-order valence-corrected chi connectivity index (χ1v) is 11.9. The number of aliphatic hydroxyl groups is 1. The Labute approximate surface area is 208 Å². The number of carbonyl (C=O) groups is 1. The van der Waals surface area contributed by atoms with Crippen LogP contribution in [0.25, 0.3) is 5.76 Å². The van der Waals surface area contributed by atoms with E-state index in [0.717, 1.165) is 11.3 Å². The minimum absolute atomic E-state index is 0.0266.